The number of benzene rings is 2. The van der Waals surface area contributed by atoms with Crippen LogP contribution >= 0.6 is 0 Å². The smallest absolute Gasteiger partial charge is 0.305 e. The predicted molar refractivity (Wildman–Crippen MR) is 95.5 cm³/mol. The molecule has 3 aromatic rings. The molecule has 0 atom stereocenters. The number of carbonyl (C=O) groups is 2. The van der Waals surface area contributed by atoms with Crippen LogP contribution in [-0.2, 0) is 0 Å². The number of aryl methyl sites for hydroxylation is 1. The maximum absolute atomic E-state index is 12.3. The Kier molecular flexibility index (Phi) is 4.75. The normalized spacial score (nSPS) is 10.4. The molecule has 1 heterocycles. The predicted octanol–water partition coefficient (Wildman–Crippen LogP) is 2.73. The molecule has 0 aliphatic rings. The fraction of sp³-hybridized carbons (Fsp3) is 0.111. The maximum Gasteiger partial charge on any atom is 0.305 e. The number of ether oxygens (including phenoxy) is 1. The van der Waals surface area contributed by atoms with Crippen molar-refractivity contribution in [3.8, 4) is 5.75 Å². The van der Waals surface area contributed by atoms with Gasteiger partial charge in [0.2, 0.25) is 0 Å². The second kappa shape index (κ2) is 7.16. The fourth-order valence-electron chi connectivity index (χ4n) is 2.55. The van der Waals surface area contributed by atoms with Crippen molar-refractivity contribution in [2.75, 3.05) is 7.11 Å². The number of rotatable bonds is 4. The van der Waals surface area contributed by atoms with Crippen LogP contribution in [0.1, 0.15) is 26.5 Å². The van der Waals surface area contributed by atoms with E-state index in [0.29, 0.717) is 22.3 Å². The molecular formula is C18H15N3O6. The van der Waals surface area contributed by atoms with Gasteiger partial charge in [-0.05, 0) is 31.2 Å². The molecule has 0 radical (unpaired) electrons. The number of hydrogen-bond donors (Lipinski definition) is 2. The van der Waals surface area contributed by atoms with Crippen LogP contribution in [0.4, 0.5) is 5.69 Å². The lowest BCUT2D eigenvalue weighted by Crippen LogP contribution is -2.41. The van der Waals surface area contributed by atoms with Gasteiger partial charge in [0.05, 0.1) is 12.0 Å². The first-order chi connectivity index (χ1) is 12.9. The highest BCUT2D eigenvalue weighted by Crippen LogP contribution is 2.28. The third-order valence-electron chi connectivity index (χ3n) is 3.96. The fourth-order valence-corrected chi connectivity index (χ4v) is 2.55. The van der Waals surface area contributed by atoms with Crippen molar-refractivity contribution in [3.63, 3.8) is 0 Å². The Labute approximate surface area is 153 Å². The van der Waals surface area contributed by atoms with E-state index in [1.807, 2.05) is 0 Å². The Morgan fingerprint density at radius 2 is 1.85 bits per heavy atom. The first-order valence-corrected chi connectivity index (χ1v) is 7.83. The third kappa shape index (κ3) is 3.56. The van der Waals surface area contributed by atoms with Gasteiger partial charge < -0.3 is 9.15 Å². The second-order valence-corrected chi connectivity index (χ2v) is 5.63. The number of nitro groups is 1. The number of methoxy groups -OCH3 is 1. The number of furan rings is 1. The molecule has 0 saturated carbocycles. The van der Waals surface area contributed by atoms with E-state index in [0.717, 1.165) is 6.07 Å². The topological polar surface area (TPSA) is 124 Å². The lowest BCUT2D eigenvalue weighted by molar-refractivity contribution is -0.384. The number of nitro benzene ring substituents is 1. The lowest BCUT2D eigenvalue weighted by atomic mass is 10.1. The van der Waals surface area contributed by atoms with Gasteiger partial charge in [0, 0.05) is 28.6 Å². The number of carbonyl (C=O) groups excluding carboxylic acids is 2. The molecule has 0 aliphatic carbocycles. The molecule has 2 N–H and O–H groups in total. The van der Waals surface area contributed by atoms with Gasteiger partial charge in [0.25, 0.3) is 11.6 Å². The van der Waals surface area contributed by atoms with E-state index >= 15 is 0 Å². The van der Waals surface area contributed by atoms with Gasteiger partial charge >= 0.3 is 5.91 Å². The van der Waals surface area contributed by atoms with E-state index < -0.39 is 16.7 Å². The summed E-state index contributed by atoms with van der Waals surface area (Å²) in [5.41, 5.74) is 5.36. The van der Waals surface area contributed by atoms with Crippen molar-refractivity contribution in [1.82, 2.24) is 10.9 Å². The summed E-state index contributed by atoms with van der Waals surface area (Å²) in [5.74, 6) is -0.682. The van der Waals surface area contributed by atoms with Crippen LogP contribution in [0.3, 0.4) is 0 Å². The van der Waals surface area contributed by atoms with E-state index in [2.05, 4.69) is 10.9 Å². The number of hydrogen-bond acceptors (Lipinski definition) is 6. The molecule has 0 unspecified atom stereocenters. The van der Waals surface area contributed by atoms with Gasteiger partial charge in [-0.2, -0.15) is 0 Å². The Morgan fingerprint density at radius 1 is 1.11 bits per heavy atom. The van der Waals surface area contributed by atoms with E-state index in [-0.39, 0.29) is 17.0 Å². The average molecular weight is 369 g/mol. The van der Waals surface area contributed by atoms with Gasteiger partial charge in [0.1, 0.15) is 11.3 Å². The van der Waals surface area contributed by atoms with Crippen LogP contribution in [-0.4, -0.2) is 23.8 Å². The van der Waals surface area contributed by atoms with E-state index in [1.165, 1.54) is 25.3 Å². The van der Waals surface area contributed by atoms with Crippen molar-refractivity contribution in [1.29, 1.82) is 0 Å². The summed E-state index contributed by atoms with van der Waals surface area (Å²) in [6.07, 6.45) is 0. The molecule has 138 valence electrons. The minimum absolute atomic E-state index is 0.0376. The molecule has 1 aromatic heterocycles. The van der Waals surface area contributed by atoms with Crippen LogP contribution in [0, 0.1) is 17.0 Å². The molecule has 2 aromatic carbocycles. The highest BCUT2D eigenvalue weighted by molar-refractivity contribution is 6.01. The molecular weight excluding hydrogens is 354 g/mol. The lowest BCUT2D eigenvalue weighted by Gasteiger charge is -2.06. The molecule has 3 rings (SSSR count). The van der Waals surface area contributed by atoms with Crippen LogP contribution in [0.5, 0.6) is 5.75 Å². The van der Waals surface area contributed by atoms with E-state index in [4.69, 9.17) is 9.15 Å². The highest BCUT2D eigenvalue weighted by atomic mass is 16.6. The Hall–Kier alpha value is -3.88. The van der Waals surface area contributed by atoms with Crippen LogP contribution in [0.15, 0.2) is 46.9 Å². The Balaban J connectivity index is 1.75. The standard InChI is InChI=1S/C18H15N3O6/c1-10-14-9-13(26-2)6-7-15(14)27-16(10)18(23)20-19-17(22)11-4-3-5-12(8-11)21(24)25/h3-9H,1-2H3,(H,19,22)(H,20,23). The summed E-state index contributed by atoms with van der Waals surface area (Å²) in [5, 5.41) is 11.5. The van der Waals surface area contributed by atoms with Gasteiger partial charge in [0.15, 0.2) is 5.76 Å². The van der Waals surface area contributed by atoms with Crippen LogP contribution < -0.4 is 15.6 Å². The van der Waals surface area contributed by atoms with E-state index in [1.54, 1.807) is 25.1 Å². The molecule has 0 aliphatic heterocycles. The first kappa shape index (κ1) is 17.9. The molecule has 0 saturated heterocycles. The SMILES string of the molecule is COc1ccc2oc(C(=O)NNC(=O)c3cccc([N+](=O)[O-])c3)c(C)c2c1. The zero-order valence-corrected chi connectivity index (χ0v) is 14.4. The molecule has 0 fully saturated rings. The largest absolute Gasteiger partial charge is 0.497 e. The van der Waals surface area contributed by atoms with Crippen molar-refractivity contribution < 1.29 is 23.7 Å². The summed E-state index contributed by atoms with van der Waals surface area (Å²) in [6, 6.07) is 10.3. The minimum atomic E-state index is -0.692. The summed E-state index contributed by atoms with van der Waals surface area (Å²) in [6.45, 7) is 1.71. The summed E-state index contributed by atoms with van der Waals surface area (Å²) >= 11 is 0. The number of fused-ring (bicyclic) bond motifs is 1. The Morgan fingerprint density at radius 3 is 2.56 bits per heavy atom. The average Bonchev–Trinajstić information content (AvgIpc) is 3.02. The monoisotopic (exact) mass is 369 g/mol. The van der Waals surface area contributed by atoms with E-state index in [9.17, 15) is 19.7 Å². The van der Waals surface area contributed by atoms with Gasteiger partial charge in [-0.15, -0.1) is 0 Å². The van der Waals surface area contributed by atoms with Crippen molar-refractivity contribution >= 4 is 28.5 Å². The Bertz CT molecular complexity index is 1060. The quantitative estimate of drug-likeness (QED) is 0.538. The number of hydrazine groups is 1. The van der Waals surface area contributed by atoms with Gasteiger partial charge in [-0.25, -0.2) is 0 Å². The molecule has 9 nitrogen and oxygen atoms in total. The van der Waals surface area contributed by atoms with Crippen molar-refractivity contribution in [3.05, 3.63) is 69.5 Å². The first-order valence-electron chi connectivity index (χ1n) is 7.83. The zero-order valence-electron chi connectivity index (χ0n) is 14.4. The van der Waals surface area contributed by atoms with Crippen molar-refractivity contribution in [2.24, 2.45) is 0 Å². The zero-order chi connectivity index (χ0) is 19.6. The molecule has 0 bridgehead atoms. The summed E-state index contributed by atoms with van der Waals surface area (Å²) in [4.78, 5) is 34.6. The van der Waals surface area contributed by atoms with Crippen molar-refractivity contribution in [2.45, 2.75) is 6.92 Å². The van der Waals surface area contributed by atoms with Crippen LogP contribution in [0.2, 0.25) is 0 Å². The molecule has 9 heteroatoms. The molecule has 27 heavy (non-hydrogen) atoms. The number of nitrogens with zero attached hydrogens (tertiary/aromatic N) is 1. The minimum Gasteiger partial charge on any atom is -0.497 e. The molecule has 2 amide bonds. The third-order valence-corrected chi connectivity index (χ3v) is 3.96. The number of amides is 2. The maximum atomic E-state index is 12.3. The highest BCUT2D eigenvalue weighted by Gasteiger charge is 2.19. The number of nitrogens with one attached hydrogen (secondary N) is 2. The van der Waals surface area contributed by atoms with Gasteiger partial charge in [-0.1, -0.05) is 6.07 Å². The summed E-state index contributed by atoms with van der Waals surface area (Å²) in [7, 11) is 1.54. The second-order valence-electron chi connectivity index (χ2n) is 5.63. The van der Waals surface area contributed by atoms with Gasteiger partial charge in [-0.3, -0.25) is 30.6 Å². The number of non-ortho nitro benzene ring substituents is 1. The summed E-state index contributed by atoms with van der Waals surface area (Å²) < 4.78 is 10.7. The molecule has 0 spiro atoms. The van der Waals surface area contributed by atoms with Crippen LogP contribution in [0.25, 0.3) is 11.0 Å².